The molecule has 0 rings (SSSR count). The van der Waals surface area contributed by atoms with Gasteiger partial charge in [0, 0.05) is 12.8 Å². The first-order chi connectivity index (χ1) is 15.8. The Kier molecular flexibility index (Phi) is 14.5. The van der Waals surface area contributed by atoms with Gasteiger partial charge in [-0.1, -0.05) is 13.8 Å². The van der Waals surface area contributed by atoms with Crippen molar-refractivity contribution in [2.45, 2.75) is 70.1 Å². The number of hydrogen-bond donors (Lipinski definition) is 7. The molecule has 8 N–H and O–H groups in total. The highest BCUT2D eigenvalue weighted by molar-refractivity contribution is 7.98. The summed E-state index contributed by atoms with van der Waals surface area (Å²) < 4.78 is 0. The van der Waals surface area contributed by atoms with Gasteiger partial charge in [0.15, 0.2) is 0 Å². The molecule has 0 aromatic heterocycles. The van der Waals surface area contributed by atoms with E-state index in [1.54, 1.807) is 20.1 Å². The maximum Gasteiger partial charge on any atom is 0.326 e. The number of thioether (sulfide) groups is 1. The van der Waals surface area contributed by atoms with Gasteiger partial charge in [0.05, 0.1) is 6.04 Å². The van der Waals surface area contributed by atoms with Crippen LogP contribution in [0.25, 0.3) is 0 Å². The molecule has 0 heterocycles. The van der Waals surface area contributed by atoms with Gasteiger partial charge in [-0.25, -0.2) is 4.79 Å². The highest BCUT2D eigenvalue weighted by Gasteiger charge is 2.31. The lowest BCUT2D eigenvalue weighted by Crippen LogP contribution is -2.57. The van der Waals surface area contributed by atoms with Crippen LogP contribution in [-0.2, 0) is 28.8 Å². The monoisotopic (exact) mass is 506 g/mol. The molecule has 4 unspecified atom stereocenters. The van der Waals surface area contributed by atoms with Crippen molar-refractivity contribution < 1.29 is 44.1 Å². The molecule has 4 atom stereocenters. The molecule has 0 spiro atoms. The number of nitrogens with one attached hydrogen (secondary N) is 3. The third-order valence-corrected chi connectivity index (χ3v) is 5.40. The second-order valence-corrected chi connectivity index (χ2v) is 8.93. The summed E-state index contributed by atoms with van der Waals surface area (Å²) in [6.07, 6.45) is 0.665. The maximum absolute atomic E-state index is 12.9. The molecule has 0 aromatic rings. The topological polar surface area (TPSA) is 225 Å². The molecule has 194 valence electrons. The molecule has 0 fully saturated rings. The van der Waals surface area contributed by atoms with Crippen molar-refractivity contribution in [2.75, 3.05) is 12.0 Å². The third-order valence-electron chi connectivity index (χ3n) is 4.76. The van der Waals surface area contributed by atoms with Crippen LogP contribution in [0, 0.1) is 5.92 Å². The van der Waals surface area contributed by atoms with Crippen LogP contribution in [0.15, 0.2) is 0 Å². The minimum atomic E-state index is -1.36. The molecule has 0 saturated carbocycles. The first-order valence-corrected chi connectivity index (χ1v) is 12.0. The summed E-state index contributed by atoms with van der Waals surface area (Å²) in [5, 5.41) is 34.1. The molecule has 3 amide bonds. The van der Waals surface area contributed by atoms with Crippen LogP contribution < -0.4 is 21.7 Å². The van der Waals surface area contributed by atoms with E-state index in [2.05, 4.69) is 16.0 Å². The Balaban J connectivity index is 5.49. The van der Waals surface area contributed by atoms with Crippen molar-refractivity contribution in [3.8, 4) is 0 Å². The molecular weight excluding hydrogens is 472 g/mol. The summed E-state index contributed by atoms with van der Waals surface area (Å²) in [4.78, 5) is 71.0. The standard InChI is InChI=1S/C20H34N4O9S/c1-10(2)16(20(32)33)24-19(31)12(5-7-15(27)28)23-18(30)13(8-9-34-3)22-17(29)11(21)4-6-14(25)26/h10-13,16H,4-9,21H2,1-3H3,(H,22,29)(H,23,30)(H,24,31)(H,25,26)(H,27,28)(H,32,33). The van der Waals surface area contributed by atoms with Crippen LogP contribution in [0.1, 0.15) is 46.0 Å². The quantitative estimate of drug-likeness (QED) is 0.126. The van der Waals surface area contributed by atoms with Crippen LogP contribution in [0.3, 0.4) is 0 Å². The highest BCUT2D eigenvalue weighted by atomic mass is 32.2. The van der Waals surface area contributed by atoms with E-state index >= 15 is 0 Å². The zero-order chi connectivity index (χ0) is 26.4. The van der Waals surface area contributed by atoms with Gasteiger partial charge in [-0.15, -0.1) is 0 Å². The number of amides is 3. The van der Waals surface area contributed by atoms with Crippen molar-refractivity contribution in [1.29, 1.82) is 0 Å². The lowest BCUT2D eigenvalue weighted by molar-refractivity contribution is -0.144. The summed E-state index contributed by atoms with van der Waals surface area (Å²) in [7, 11) is 0. The summed E-state index contributed by atoms with van der Waals surface area (Å²) >= 11 is 1.39. The molecule has 0 bridgehead atoms. The highest BCUT2D eigenvalue weighted by Crippen LogP contribution is 2.07. The van der Waals surface area contributed by atoms with E-state index in [0.29, 0.717) is 5.75 Å². The molecular formula is C20H34N4O9S. The molecule has 0 radical (unpaired) electrons. The molecule has 0 aromatic carbocycles. The fraction of sp³-hybridized carbons (Fsp3) is 0.700. The average molecular weight is 507 g/mol. The van der Waals surface area contributed by atoms with Crippen LogP contribution in [0.4, 0.5) is 0 Å². The lowest BCUT2D eigenvalue weighted by atomic mass is 10.0. The minimum Gasteiger partial charge on any atom is -0.481 e. The largest absolute Gasteiger partial charge is 0.481 e. The number of carboxylic acids is 3. The summed E-state index contributed by atoms with van der Waals surface area (Å²) in [5.74, 6) is -6.07. The number of carbonyl (C=O) groups is 6. The predicted octanol–water partition coefficient (Wildman–Crippen LogP) is -1.01. The van der Waals surface area contributed by atoms with Gasteiger partial charge in [-0.05, 0) is 37.2 Å². The average Bonchev–Trinajstić information content (AvgIpc) is 2.74. The van der Waals surface area contributed by atoms with Crippen molar-refractivity contribution in [1.82, 2.24) is 16.0 Å². The van der Waals surface area contributed by atoms with Crippen LogP contribution in [-0.4, -0.2) is 87.1 Å². The van der Waals surface area contributed by atoms with Gasteiger partial charge in [0.1, 0.15) is 18.1 Å². The Bertz CT molecular complexity index is 748. The zero-order valence-corrected chi connectivity index (χ0v) is 20.2. The molecule has 0 aliphatic carbocycles. The molecule has 14 heteroatoms. The van der Waals surface area contributed by atoms with Gasteiger partial charge in [0.25, 0.3) is 0 Å². The maximum atomic E-state index is 12.9. The fourth-order valence-corrected chi connectivity index (χ4v) is 3.24. The Morgan fingerprint density at radius 1 is 0.765 bits per heavy atom. The zero-order valence-electron chi connectivity index (χ0n) is 19.4. The number of aliphatic carboxylic acids is 3. The van der Waals surface area contributed by atoms with Crippen molar-refractivity contribution in [3.05, 3.63) is 0 Å². The molecule has 0 aliphatic rings. The Morgan fingerprint density at radius 2 is 1.24 bits per heavy atom. The van der Waals surface area contributed by atoms with Crippen molar-refractivity contribution >= 4 is 47.4 Å². The first-order valence-electron chi connectivity index (χ1n) is 10.6. The summed E-state index contributed by atoms with van der Waals surface area (Å²) in [5.41, 5.74) is 5.69. The number of carbonyl (C=O) groups excluding carboxylic acids is 3. The Labute approximate surface area is 201 Å². The van der Waals surface area contributed by atoms with Gasteiger partial charge < -0.3 is 37.0 Å². The summed E-state index contributed by atoms with van der Waals surface area (Å²) in [6, 6.07) is -4.92. The lowest BCUT2D eigenvalue weighted by Gasteiger charge is -2.25. The van der Waals surface area contributed by atoms with Gasteiger partial charge >= 0.3 is 17.9 Å². The van der Waals surface area contributed by atoms with E-state index in [9.17, 15) is 33.9 Å². The Hall–Kier alpha value is -2.87. The molecule has 0 aliphatic heterocycles. The minimum absolute atomic E-state index is 0.145. The Morgan fingerprint density at radius 3 is 1.71 bits per heavy atom. The van der Waals surface area contributed by atoms with Gasteiger partial charge in [0.2, 0.25) is 17.7 Å². The SMILES string of the molecule is CSCCC(NC(=O)C(N)CCC(=O)O)C(=O)NC(CCC(=O)O)C(=O)NC(C(=O)O)C(C)C. The molecule has 34 heavy (non-hydrogen) atoms. The predicted molar refractivity (Wildman–Crippen MR) is 123 cm³/mol. The number of carboxylic acid groups (broad SMARTS) is 3. The van der Waals surface area contributed by atoms with Crippen LogP contribution in [0.2, 0.25) is 0 Å². The second-order valence-electron chi connectivity index (χ2n) is 7.94. The number of nitrogens with two attached hydrogens (primary N) is 1. The van der Waals surface area contributed by atoms with E-state index in [1.165, 1.54) is 11.8 Å². The van der Waals surface area contributed by atoms with E-state index < -0.39 is 72.1 Å². The molecule has 0 saturated heterocycles. The normalized spacial score (nSPS) is 14.4. The van der Waals surface area contributed by atoms with E-state index in [1.807, 2.05) is 0 Å². The third kappa shape index (κ3) is 12.4. The molecule has 13 nitrogen and oxygen atoms in total. The smallest absolute Gasteiger partial charge is 0.326 e. The van der Waals surface area contributed by atoms with E-state index in [4.69, 9.17) is 15.9 Å². The fourth-order valence-electron chi connectivity index (χ4n) is 2.77. The first kappa shape index (κ1) is 31.1. The van der Waals surface area contributed by atoms with Crippen LogP contribution in [0.5, 0.6) is 0 Å². The van der Waals surface area contributed by atoms with Crippen molar-refractivity contribution in [3.63, 3.8) is 0 Å². The second kappa shape index (κ2) is 15.9. The van der Waals surface area contributed by atoms with Crippen molar-refractivity contribution in [2.24, 2.45) is 11.7 Å². The number of hydrogen-bond acceptors (Lipinski definition) is 8. The van der Waals surface area contributed by atoms with E-state index in [0.717, 1.165) is 0 Å². The van der Waals surface area contributed by atoms with Gasteiger partial charge in [-0.3, -0.25) is 24.0 Å². The van der Waals surface area contributed by atoms with Gasteiger partial charge in [-0.2, -0.15) is 11.8 Å². The van der Waals surface area contributed by atoms with E-state index in [-0.39, 0.29) is 25.7 Å². The number of rotatable bonds is 17. The summed E-state index contributed by atoms with van der Waals surface area (Å²) in [6.45, 7) is 3.15. The van der Waals surface area contributed by atoms with Crippen LogP contribution >= 0.6 is 11.8 Å².